The monoisotopic (exact) mass is 283 g/mol. The summed E-state index contributed by atoms with van der Waals surface area (Å²) in [4.78, 5) is 20.4. The predicted molar refractivity (Wildman–Crippen MR) is 80.8 cm³/mol. The molecule has 1 aromatic carbocycles. The SMILES string of the molecule is O=C(CCc1nc2ccccc2s1)Nc1ccccn1. The Morgan fingerprint density at radius 3 is 2.80 bits per heavy atom. The summed E-state index contributed by atoms with van der Waals surface area (Å²) >= 11 is 1.64. The molecule has 0 aliphatic carbocycles. The Balaban J connectivity index is 1.60. The van der Waals surface area contributed by atoms with Crippen LogP contribution in [0.25, 0.3) is 10.2 Å². The van der Waals surface area contributed by atoms with Crippen molar-refractivity contribution in [2.45, 2.75) is 12.8 Å². The third kappa shape index (κ3) is 3.00. The van der Waals surface area contributed by atoms with Gasteiger partial charge in [0.05, 0.1) is 15.2 Å². The third-order valence-corrected chi connectivity index (χ3v) is 3.93. The van der Waals surface area contributed by atoms with Crippen molar-refractivity contribution in [2.24, 2.45) is 0 Å². The molecule has 2 aromatic heterocycles. The fourth-order valence-corrected chi connectivity index (χ4v) is 2.86. The Labute approximate surface area is 120 Å². The number of rotatable bonds is 4. The molecule has 0 saturated heterocycles. The molecule has 3 rings (SSSR count). The van der Waals surface area contributed by atoms with Crippen LogP contribution in [-0.2, 0) is 11.2 Å². The number of carbonyl (C=O) groups is 1. The summed E-state index contributed by atoms with van der Waals surface area (Å²) in [5.74, 6) is 0.546. The molecule has 1 N–H and O–H groups in total. The Kier molecular flexibility index (Phi) is 3.69. The molecule has 20 heavy (non-hydrogen) atoms. The summed E-state index contributed by atoms with van der Waals surface area (Å²) in [6, 6.07) is 13.4. The highest BCUT2D eigenvalue weighted by Crippen LogP contribution is 2.22. The first-order valence-electron chi connectivity index (χ1n) is 6.36. The molecular formula is C15H13N3OS. The van der Waals surface area contributed by atoms with Gasteiger partial charge in [0.1, 0.15) is 5.82 Å². The number of nitrogens with one attached hydrogen (secondary N) is 1. The molecule has 5 heteroatoms. The van der Waals surface area contributed by atoms with Crippen LogP contribution in [0.3, 0.4) is 0 Å². The van der Waals surface area contributed by atoms with Gasteiger partial charge in [-0.2, -0.15) is 0 Å². The number of fused-ring (bicyclic) bond motifs is 1. The maximum atomic E-state index is 11.8. The first-order chi connectivity index (χ1) is 9.81. The molecule has 0 saturated carbocycles. The van der Waals surface area contributed by atoms with Gasteiger partial charge in [0.2, 0.25) is 5.91 Å². The number of amides is 1. The lowest BCUT2D eigenvalue weighted by Crippen LogP contribution is -2.13. The zero-order valence-corrected chi connectivity index (χ0v) is 11.6. The van der Waals surface area contributed by atoms with E-state index in [1.807, 2.05) is 36.4 Å². The maximum Gasteiger partial charge on any atom is 0.225 e. The Morgan fingerprint density at radius 1 is 1.15 bits per heavy atom. The second-order valence-electron chi connectivity index (χ2n) is 4.34. The van der Waals surface area contributed by atoms with Crippen LogP contribution in [0.2, 0.25) is 0 Å². The highest BCUT2D eigenvalue weighted by atomic mass is 32.1. The molecule has 0 aliphatic rings. The third-order valence-electron chi connectivity index (χ3n) is 2.84. The van der Waals surface area contributed by atoms with Crippen molar-refractivity contribution in [1.82, 2.24) is 9.97 Å². The van der Waals surface area contributed by atoms with Crippen LogP contribution >= 0.6 is 11.3 Å². The van der Waals surface area contributed by atoms with E-state index in [-0.39, 0.29) is 5.91 Å². The summed E-state index contributed by atoms with van der Waals surface area (Å²) < 4.78 is 1.16. The van der Waals surface area contributed by atoms with Crippen LogP contribution in [0.5, 0.6) is 0 Å². The molecule has 0 bridgehead atoms. The predicted octanol–water partition coefficient (Wildman–Crippen LogP) is 3.26. The molecule has 100 valence electrons. The van der Waals surface area contributed by atoms with Crippen LogP contribution < -0.4 is 5.32 Å². The van der Waals surface area contributed by atoms with Crippen LogP contribution in [0.1, 0.15) is 11.4 Å². The first kappa shape index (κ1) is 12.7. The topological polar surface area (TPSA) is 54.9 Å². The number of para-hydroxylation sites is 1. The van der Waals surface area contributed by atoms with Gasteiger partial charge in [-0.15, -0.1) is 11.3 Å². The molecule has 3 aromatic rings. The van der Waals surface area contributed by atoms with E-state index in [1.54, 1.807) is 23.6 Å². The summed E-state index contributed by atoms with van der Waals surface area (Å²) in [5, 5.41) is 3.76. The van der Waals surface area contributed by atoms with Crippen LogP contribution in [-0.4, -0.2) is 15.9 Å². The Bertz CT molecular complexity index is 691. The van der Waals surface area contributed by atoms with E-state index in [2.05, 4.69) is 15.3 Å². The smallest absolute Gasteiger partial charge is 0.225 e. The molecule has 0 fully saturated rings. The number of hydrogen-bond donors (Lipinski definition) is 1. The average molecular weight is 283 g/mol. The number of anilines is 1. The van der Waals surface area contributed by atoms with Crippen molar-refractivity contribution >= 4 is 33.3 Å². The second kappa shape index (κ2) is 5.79. The number of nitrogens with zero attached hydrogens (tertiary/aromatic N) is 2. The van der Waals surface area contributed by atoms with Crippen molar-refractivity contribution in [3.8, 4) is 0 Å². The van der Waals surface area contributed by atoms with Crippen LogP contribution in [0.4, 0.5) is 5.82 Å². The second-order valence-corrected chi connectivity index (χ2v) is 5.45. The maximum absolute atomic E-state index is 11.8. The molecular weight excluding hydrogens is 270 g/mol. The van der Waals surface area contributed by atoms with Gasteiger partial charge in [0.15, 0.2) is 0 Å². The van der Waals surface area contributed by atoms with E-state index < -0.39 is 0 Å². The minimum absolute atomic E-state index is 0.0389. The standard InChI is InChI=1S/C15H13N3OS/c19-14(18-13-7-3-4-10-16-13)8-9-15-17-11-5-1-2-6-12(11)20-15/h1-7,10H,8-9H2,(H,16,18,19). The Morgan fingerprint density at radius 2 is 2.00 bits per heavy atom. The lowest BCUT2D eigenvalue weighted by molar-refractivity contribution is -0.116. The molecule has 0 spiro atoms. The summed E-state index contributed by atoms with van der Waals surface area (Å²) in [6.45, 7) is 0. The van der Waals surface area contributed by atoms with Gasteiger partial charge in [-0.1, -0.05) is 18.2 Å². The summed E-state index contributed by atoms with van der Waals surface area (Å²) in [7, 11) is 0. The van der Waals surface area contributed by atoms with Crippen molar-refractivity contribution < 1.29 is 4.79 Å². The van der Waals surface area contributed by atoms with Gasteiger partial charge >= 0.3 is 0 Å². The number of hydrogen-bond acceptors (Lipinski definition) is 4. The van der Waals surface area contributed by atoms with Gasteiger partial charge in [-0.3, -0.25) is 4.79 Å². The summed E-state index contributed by atoms with van der Waals surface area (Å²) in [6.07, 6.45) is 2.72. The van der Waals surface area contributed by atoms with Crippen molar-refractivity contribution in [1.29, 1.82) is 0 Å². The summed E-state index contributed by atoms with van der Waals surface area (Å²) in [5.41, 5.74) is 0.998. The molecule has 0 atom stereocenters. The molecule has 0 aliphatic heterocycles. The van der Waals surface area contributed by atoms with Crippen LogP contribution in [0, 0.1) is 0 Å². The van der Waals surface area contributed by atoms with E-state index in [9.17, 15) is 4.79 Å². The lowest BCUT2D eigenvalue weighted by Gasteiger charge is -2.02. The lowest BCUT2D eigenvalue weighted by atomic mass is 10.3. The quantitative estimate of drug-likeness (QED) is 0.799. The van der Waals surface area contributed by atoms with Crippen molar-refractivity contribution in [2.75, 3.05) is 5.32 Å². The Hall–Kier alpha value is -2.27. The molecule has 1 amide bonds. The van der Waals surface area contributed by atoms with Gasteiger partial charge in [-0.25, -0.2) is 9.97 Å². The molecule has 0 radical (unpaired) electrons. The number of pyridine rings is 1. The first-order valence-corrected chi connectivity index (χ1v) is 7.18. The molecule has 2 heterocycles. The molecule has 0 unspecified atom stereocenters. The highest BCUT2D eigenvalue weighted by molar-refractivity contribution is 7.18. The van der Waals surface area contributed by atoms with Crippen molar-refractivity contribution in [3.63, 3.8) is 0 Å². The van der Waals surface area contributed by atoms with E-state index in [1.165, 1.54) is 0 Å². The van der Waals surface area contributed by atoms with E-state index in [0.717, 1.165) is 15.2 Å². The number of benzene rings is 1. The fraction of sp³-hybridized carbons (Fsp3) is 0.133. The van der Waals surface area contributed by atoms with Gasteiger partial charge in [0.25, 0.3) is 0 Å². The van der Waals surface area contributed by atoms with E-state index in [4.69, 9.17) is 0 Å². The van der Waals surface area contributed by atoms with Crippen molar-refractivity contribution in [3.05, 3.63) is 53.7 Å². The average Bonchev–Trinajstić information content (AvgIpc) is 2.89. The fourth-order valence-electron chi connectivity index (χ4n) is 1.89. The number of thiazole rings is 1. The highest BCUT2D eigenvalue weighted by Gasteiger charge is 2.07. The number of aryl methyl sites for hydroxylation is 1. The van der Waals surface area contributed by atoms with E-state index in [0.29, 0.717) is 18.7 Å². The van der Waals surface area contributed by atoms with Gasteiger partial charge in [-0.05, 0) is 24.3 Å². The minimum Gasteiger partial charge on any atom is -0.311 e. The zero-order valence-electron chi connectivity index (χ0n) is 10.7. The van der Waals surface area contributed by atoms with Gasteiger partial charge < -0.3 is 5.32 Å². The van der Waals surface area contributed by atoms with Crippen LogP contribution in [0.15, 0.2) is 48.7 Å². The normalized spacial score (nSPS) is 10.6. The molecule has 4 nitrogen and oxygen atoms in total. The minimum atomic E-state index is -0.0389. The number of carbonyl (C=O) groups excluding carboxylic acids is 1. The van der Waals surface area contributed by atoms with E-state index >= 15 is 0 Å². The zero-order chi connectivity index (χ0) is 13.8. The largest absolute Gasteiger partial charge is 0.311 e. The number of aromatic nitrogens is 2. The van der Waals surface area contributed by atoms with Gasteiger partial charge in [0, 0.05) is 19.0 Å².